The molecular weight excluding hydrogens is 404 g/mol. The highest BCUT2D eigenvalue weighted by atomic mass is 32.1. The number of urea groups is 1. The number of imide groups is 1. The van der Waals surface area contributed by atoms with E-state index in [4.69, 9.17) is 4.74 Å². The van der Waals surface area contributed by atoms with Crippen LogP contribution in [-0.4, -0.2) is 40.8 Å². The molecule has 2 aromatic heterocycles. The molecule has 0 fully saturated rings. The third-order valence-corrected chi connectivity index (χ3v) is 5.37. The molecule has 9 heteroatoms. The highest BCUT2D eigenvalue weighted by Gasteiger charge is 2.19. The van der Waals surface area contributed by atoms with E-state index < -0.39 is 24.5 Å². The average Bonchev–Trinajstić information content (AvgIpc) is 3.27. The molecule has 3 amide bonds. The number of amides is 3. The monoisotopic (exact) mass is 428 g/mol. The number of aromatic nitrogens is 2. The van der Waals surface area contributed by atoms with Crippen molar-refractivity contribution in [2.45, 2.75) is 27.3 Å². The van der Waals surface area contributed by atoms with Gasteiger partial charge in [0.15, 0.2) is 6.61 Å². The van der Waals surface area contributed by atoms with Crippen molar-refractivity contribution in [3.8, 4) is 0 Å². The third-order valence-electron chi connectivity index (χ3n) is 4.24. The van der Waals surface area contributed by atoms with Crippen molar-refractivity contribution in [3.05, 3.63) is 52.5 Å². The second-order valence-corrected chi connectivity index (χ2v) is 8.32. The summed E-state index contributed by atoms with van der Waals surface area (Å²) < 4.78 is 6.92. The molecule has 0 radical (unpaired) electrons. The van der Waals surface area contributed by atoms with Gasteiger partial charge < -0.3 is 10.1 Å². The molecule has 0 saturated carbocycles. The Bertz CT molecular complexity index is 1060. The lowest BCUT2D eigenvalue weighted by atomic mass is 10.2. The number of hydrogen-bond acceptors (Lipinski definition) is 6. The fraction of sp³-hybridized carbons (Fsp3) is 0.333. The Kier molecular flexibility index (Phi) is 6.83. The number of benzene rings is 1. The first-order valence-electron chi connectivity index (χ1n) is 9.59. The van der Waals surface area contributed by atoms with Crippen LogP contribution in [0.2, 0.25) is 0 Å². The van der Waals surface area contributed by atoms with Gasteiger partial charge in [-0.3, -0.25) is 14.8 Å². The van der Waals surface area contributed by atoms with E-state index in [1.165, 1.54) is 11.3 Å². The summed E-state index contributed by atoms with van der Waals surface area (Å²) in [6.45, 7) is 6.27. The van der Waals surface area contributed by atoms with Gasteiger partial charge in [-0.05, 0) is 24.5 Å². The maximum atomic E-state index is 12.4. The van der Waals surface area contributed by atoms with Crippen molar-refractivity contribution in [3.63, 3.8) is 0 Å². The smallest absolute Gasteiger partial charge is 0.348 e. The van der Waals surface area contributed by atoms with Crippen molar-refractivity contribution < 1.29 is 19.1 Å². The van der Waals surface area contributed by atoms with Crippen molar-refractivity contribution in [1.29, 1.82) is 0 Å². The van der Waals surface area contributed by atoms with E-state index in [1.54, 1.807) is 6.07 Å². The predicted molar refractivity (Wildman–Crippen MR) is 115 cm³/mol. The summed E-state index contributed by atoms with van der Waals surface area (Å²) in [5.41, 5.74) is 1.92. The van der Waals surface area contributed by atoms with Gasteiger partial charge in [-0.15, -0.1) is 11.3 Å². The van der Waals surface area contributed by atoms with Gasteiger partial charge in [0.05, 0.1) is 12.2 Å². The minimum absolute atomic E-state index is 0.262. The van der Waals surface area contributed by atoms with Crippen LogP contribution in [-0.2, 0) is 16.1 Å². The number of carbonyl (C=O) groups excluding carboxylic acids is 3. The first-order valence-corrected chi connectivity index (χ1v) is 10.4. The Morgan fingerprint density at radius 2 is 1.93 bits per heavy atom. The Morgan fingerprint density at radius 1 is 1.20 bits per heavy atom. The highest BCUT2D eigenvalue weighted by Crippen LogP contribution is 2.29. The Balaban J connectivity index is 1.61. The molecular formula is C21H24N4O4S. The highest BCUT2D eigenvalue weighted by molar-refractivity contribution is 7.20. The minimum atomic E-state index is -0.683. The zero-order chi connectivity index (χ0) is 21.7. The molecule has 30 heavy (non-hydrogen) atoms. The lowest BCUT2D eigenvalue weighted by molar-refractivity contribution is -0.123. The number of rotatable bonds is 7. The van der Waals surface area contributed by atoms with Gasteiger partial charge >= 0.3 is 12.0 Å². The molecule has 2 heterocycles. The lowest BCUT2D eigenvalue weighted by Gasteiger charge is -2.08. The molecule has 0 spiro atoms. The molecule has 0 saturated heterocycles. The number of nitrogens with zero attached hydrogens (tertiary/aromatic N) is 2. The van der Waals surface area contributed by atoms with Crippen LogP contribution >= 0.6 is 11.3 Å². The zero-order valence-electron chi connectivity index (χ0n) is 17.1. The number of carbonyl (C=O) groups is 3. The molecule has 0 aliphatic heterocycles. The molecule has 158 valence electrons. The van der Waals surface area contributed by atoms with Crippen LogP contribution in [0.1, 0.15) is 34.8 Å². The first kappa shape index (κ1) is 21.5. The molecule has 0 aliphatic rings. The summed E-state index contributed by atoms with van der Waals surface area (Å²) >= 11 is 1.26. The predicted octanol–water partition coefficient (Wildman–Crippen LogP) is 3.09. The van der Waals surface area contributed by atoms with Crippen molar-refractivity contribution in [2.24, 2.45) is 5.92 Å². The first-order chi connectivity index (χ1) is 14.3. The molecule has 8 nitrogen and oxygen atoms in total. The number of hydrogen-bond donors (Lipinski definition) is 2. The van der Waals surface area contributed by atoms with Gasteiger partial charge in [-0.1, -0.05) is 44.2 Å². The molecule has 3 rings (SSSR count). The van der Waals surface area contributed by atoms with E-state index in [9.17, 15) is 14.4 Å². The Morgan fingerprint density at radius 3 is 2.63 bits per heavy atom. The number of ether oxygens (including phenoxy) is 1. The van der Waals surface area contributed by atoms with E-state index in [2.05, 4.69) is 15.7 Å². The fourth-order valence-electron chi connectivity index (χ4n) is 2.78. The van der Waals surface area contributed by atoms with E-state index in [0.717, 1.165) is 21.5 Å². The lowest BCUT2D eigenvalue weighted by Crippen LogP contribution is -2.42. The van der Waals surface area contributed by atoms with Gasteiger partial charge in [-0.2, -0.15) is 5.10 Å². The molecule has 1 aromatic carbocycles. The van der Waals surface area contributed by atoms with Gasteiger partial charge in [0, 0.05) is 11.9 Å². The van der Waals surface area contributed by atoms with Crippen LogP contribution in [0.5, 0.6) is 0 Å². The van der Waals surface area contributed by atoms with Crippen molar-refractivity contribution >= 4 is 39.5 Å². The fourth-order valence-corrected chi connectivity index (χ4v) is 3.84. The number of nitrogens with one attached hydrogen (secondary N) is 2. The van der Waals surface area contributed by atoms with Gasteiger partial charge in [0.2, 0.25) is 0 Å². The SMILES string of the molecule is Cc1nn(Cc2ccccc2)c2sc(C(=O)OCC(=O)NC(=O)NCC(C)C)cc12. The number of aryl methyl sites for hydroxylation is 1. The molecule has 3 aromatic rings. The molecule has 0 unspecified atom stereocenters. The van der Waals surface area contributed by atoms with Crippen molar-refractivity contribution in [1.82, 2.24) is 20.4 Å². The van der Waals surface area contributed by atoms with E-state index in [1.807, 2.05) is 55.8 Å². The summed E-state index contributed by atoms with van der Waals surface area (Å²) in [5, 5.41) is 10.1. The summed E-state index contributed by atoms with van der Waals surface area (Å²) in [6, 6.07) is 11.0. The van der Waals surface area contributed by atoms with Crippen LogP contribution in [0.3, 0.4) is 0 Å². The maximum Gasteiger partial charge on any atom is 0.348 e. The van der Waals surface area contributed by atoms with E-state index >= 15 is 0 Å². The van der Waals surface area contributed by atoms with Gasteiger partial charge in [-0.25, -0.2) is 9.59 Å². The second-order valence-electron chi connectivity index (χ2n) is 7.29. The standard InChI is InChI=1S/C21H24N4O4S/c1-13(2)10-22-21(28)23-18(26)12-29-20(27)17-9-16-14(3)24-25(19(16)30-17)11-15-7-5-4-6-8-15/h4-9,13H,10-12H2,1-3H3,(H2,22,23,26,28). The third kappa shape index (κ3) is 5.44. The van der Waals surface area contributed by atoms with Crippen LogP contribution in [0.15, 0.2) is 36.4 Å². The minimum Gasteiger partial charge on any atom is -0.451 e. The van der Waals surface area contributed by atoms with Gasteiger partial charge in [0.25, 0.3) is 5.91 Å². The zero-order valence-corrected chi connectivity index (χ0v) is 17.9. The van der Waals surface area contributed by atoms with Crippen LogP contribution in [0.25, 0.3) is 10.2 Å². The van der Waals surface area contributed by atoms with Crippen LogP contribution < -0.4 is 10.6 Å². The number of thiophene rings is 1. The topological polar surface area (TPSA) is 102 Å². The van der Waals surface area contributed by atoms with Gasteiger partial charge in [0.1, 0.15) is 9.71 Å². The maximum absolute atomic E-state index is 12.4. The summed E-state index contributed by atoms with van der Waals surface area (Å²) in [6.07, 6.45) is 0. The molecule has 0 aliphatic carbocycles. The van der Waals surface area contributed by atoms with E-state index in [0.29, 0.717) is 18.0 Å². The summed E-state index contributed by atoms with van der Waals surface area (Å²) in [4.78, 5) is 37.0. The van der Waals surface area contributed by atoms with Crippen molar-refractivity contribution in [2.75, 3.05) is 13.2 Å². The normalized spacial score (nSPS) is 10.9. The summed E-state index contributed by atoms with van der Waals surface area (Å²) in [5.74, 6) is -1.03. The average molecular weight is 429 g/mol. The number of fused-ring (bicyclic) bond motifs is 1. The quantitative estimate of drug-likeness (QED) is 0.563. The largest absolute Gasteiger partial charge is 0.451 e. The second kappa shape index (κ2) is 9.53. The molecule has 0 bridgehead atoms. The van der Waals surface area contributed by atoms with E-state index in [-0.39, 0.29) is 5.92 Å². The number of esters is 1. The molecule has 2 N–H and O–H groups in total. The van der Waals surface area contributed by atoms with Crippen LogP contribution in [0.4, 0.5) is 4.79 Å². The Labute approximate surface area is 178 Å². The molecule has 0 atom stereocenters. The Hall–Kier alpha value is -3.20. The van der Waals surface area contributed by atoms with Crippen LogP contribution in [0, 0.1) is 12.8 Å². The summed E-state index contributed by atoms with van der Waals surface area (Å²) in [7, 11) is 0.